The number of aliphatic carboxylic acids is 1. The van der Waals surface area contributed by atoms with E-state index in [1.165, 1.54) is 4.90 Å². The predicted octanol–water partition coefficient (Wildman–Crippen LogP) is 2.52. The molecule has 2 atom stereocenters. The number of piperidine rings is 1. The SMILES string of the molecule is COc1cc(C(=O)N2CC[C@](Cc3ccccc3)(C(=O)O)[C@H](O)C2)ccc1C. The van der Waals surface area contributed by atoms with Crippen LogP contribution in [0.15, 0.2) is 48.5 Å². The van der Waals surface area contributed by atoms with Gasteiger partial charge in [-0.2, -0.15) is 0 Å². The first-order valence-electron chi connectivity index (χ1n) is 9.26. The number of carboxylic acid groups (broad SMARTS) is 1. The van der Waals surface area contributed by atoms with Gasteiger partial charge in [0, 0.05) is 18.7 Å². The molecule has 0 aliphatic carbocycles. The van der Waals surface area contributed by atoms with Gasteiger partial charge in [0.15, 0.2) is 0 Å². The largest absolute Gasteiger partial charge is 0.496 e. The number of carboxylic acids is 1. The van der Waals surface area contributed by atoms with Gasteiger partial charge in [-0.1, -0.05) is 36.4 Å². The number of methoxy groups -OCH3 is 1. The lowest BCUT2D eigenvalue weighted by Gasteiger charge is -2.43. The Morgan fingerprint density at radius 2 is 1.93 bits per heavy atom. The Bertz CT molecular complexity index is 866. The van der Waals surface area contributed by atoms with Crippen LogP contribution < -0.4 is 4.74 Å². The highest BCUT2D eigenvalue weighted by atomic mass is 16.5. The van der Waals surface area contributed by atoms with Gasteiger partial charge in [-0.3, -0.25) is 9.59 Å². The van der Waals surface area contributed by atoms with E-state index in [1.54, 1.807) is 19.2 Å². The van der Waals surface area contributed by atoms with Crippen molar-refractivity contribution in [1.29, 1.82) is 0 Å². The Labute approximate surface area is 164 Å². The Balaban J connectivity index is 1.79. The van der Waals surface area contributed by atoms with Crippen molar-refractivity contribution in [2.45, 2.75) is 25.9 Å². The first-order chi connectivity index (χ1) is 13.4. The van der Waals surface area contributed by atoms with Crippen molar-refractivity contribution in [2.75, 3.05) is 20.2 Å². The molecule has 6 heteroatoms. The average molecular weight is 383 g/mol. The number of β-amino-alcohol motifs (C(OH)–C–C–N with tert-alkyl or cyclic N) is 1. The number of rotatable bonds is 5. The Kier molecular flexibility index (Phi) is 5.70. The molecule has 1 aliphatic rings. The number of likely N-dealkylation sites (tertiary alicyclic amines) is 1. The number of hydrogen-bond acceptors (Lipinski definition) is 4. The third-order valence-corrected chi connectivity index (χ3v) is 5.59. The summed E-state index contributed by atoms with van der Waals surface area (Å²) in [7, 11) is 1.55. The fourth-order valence-electron chi connectivity index (χ4n) is 3.79. The van der Waals surface area contributed by atoms with Gasteiger partial charge in [-0.05, 0) is 43.0 Å². The van der Waals surface area contributed by atoms with Crippen LogP contribution >= 0.6 is 0 Å². The van der Waals surface area contributed by atoms with Gasteiger partial charge in [0.05, 0.1) is 13.2 Å². The van der Waals surface area contributed by atoms with Crippen LogP contribution in [0.2, 0.25) is 0 Å². The lowest BCUT2D eigenvalue weighted by Crippen LogP contribution is -2.57. The van der Waals surface area contributed by atoms with Crippen molar-refractivity contribution in [2.24, 2.45) is 5.41 Å². The van der Waals surface area contributed by atoms with E-state index in [0.717, 1.165) is 11.1 Å². The van der Waals surface area contributed by atoms with E-state index in [2.05, 4.69) is 0 Å². The van der Waals surface area contributed by atoms with Crippen LogP contribution in [0.25, 0.3) is 0 Å². The topological polar surface area (TPSA) is 87.1 Å². The van der Waals surface area contributed by atoms with Gasteiger partial charge >= 0.3 is 5.97 Å². The molecule has 6 nitrogen and oxygen atoms in total. The van der Waals surface area contributed by atoms with Crippen LogP contribution in [0, 0.1) is 12.3 Å². The van der Waals surface area contributed by atoms with E-state index in [-0.39, 0.29) is 31.8 Å². The maximum absolute atomic E-state index is 12.9. The third-order valence-electron chi connectivity index (χ3n) is 5.59. The number of carbonyl (C=O) groups excluding carboxylic acids is 1. The van der Waals surface area contributed by atoms with Crippen LogP contribution in [0.4, 0.5) is 0 Å². The minimum atomic E-state index is -1.30. The summed E-state index contributed by atoms with van der Waals surface area (Å²) < 4.78 is 5.28. The number of nitrogens with zero attached hydrogens (tertiary/aromatic N) is 1. The molecule has 0 spiro atoms. The van der Waals surface area contributed by atoms with Crippen LogP contribution in [-0.2, 0) is 11.2 Å². The number of aliphatic hydroxyl groups excluding tert-OH is 1. The van der Waals surface area contributed by atoms with E-state index in [1.807, 2.05) is 43.3 Å². The highest BCUT2D eigenvalue weighted by molar-refractivity contribution is 5.95. The van der Waals surface area contributed by atoms with Crippen molar-refractivity contribution in [1.82, 2.24) is 4.90 Å². The van der Waals surface area contributed by atoms with E-state index in [9.17, 15) is 19.8 Å². The summed E-state index contributed by atoms with van der Waals surface area (Å²) in [5.74, 6) is -0.656. The van der Waals surface area contributed by atoms with Gasteiger partial charge in [0.2, 0.25) is 0 Å². The number of carbonyl (C=O) groups is 2. The summed E-state index contributed by atoms with van der Waals surface area (Å²) in [6.07, 6.45) is -0.743. The van der Waals surface area contributed by atoms with Crippen molar-refractivity contribution >= 4 is 11.9 Å². The zero-order valence-electron chi connectivity index (χ0n) is 16.1. The Morgan fingerprint density at radius 1 is 1.21 bits per heavy atom. The molecule has 2 N–H and O–H groups in total. The quantitative estimate of drug-likeness (QED) is 0.829. The van der Waals surface area contributed by atoms with E-state index < -0.39 is 17.5 Å². The number of aliphatic hydroxyl groups is 1. The number of aryl methyl sites for hydroxylation is 1. The molecule has 3 rings (SSSR count). The molecule has 0 aromatic heterocycles. The summed E-state index contributed by atoms with van der Waals surface area (Å²) in [6, 6.07) is 14.5. The average Bonchev–Trinajstić information content (AvgIpc) is 2.70. The van der Waals surface area contributed by atoms with Gasteiger partial charge in [-0.15, -0.1) is 0 Å². The summed E-state index contributed by atoms with van der Waals surface area (Å²) in [6.45, 7) is 2.14. The first kappa shape index (κ1) is 19.9. The number of hydrogen-bond donors (Lipinski definition) is 2. The summed E-state index contributed by atoms with van der Waals surface area (Å²) in [5, 5.41) is 20.6. The first-order valence-corrected chi connectivity index (χ1v) is 9.26. The zero-order chi connectivity index (χ0) is 20.3. The molecule has 0 unspecified atom stereocenters. The number of benzene rings is 2. The summed E-state index contributed by atoms with van der Waals surface area (Å²) >= 11 is 0. The molecular weight excluding hydrogens is 358 g/mol. The number of ether oxygens (including phenoxy) is 1. The Morgan fingerprint density at radius 3 is 2.54 bits per heavy atom. The van der Waals surface area contributed by atoms with Gasteiger partial charge < -0.3 is 19.8 Å². The fourth-order valence-corrected chi connectivity index (χ4v) is 3.79. The zero-order valence-corrected chi connectivity index (χ0v) is 16.1. The maximum Gasteiger partial charge on any atom is 0.312 e. The molecule has 2 aromatic rings. The second-order valence-electron chi connectivity index (χ2n) is 7.33. The highest BCUT2D eigenvalue weighted by Crippen LogP contribution is 2.36. The van der Waals surface area contributed by atoms with Crippen LogP contribution in [0.1, 0.15) is 27.9 Å². The molecule has 2 aromatic carbocycles. The number of amides is 1. The minimum absolute atomic E-state index is 0.0197. The van der Waals surface area contributed by atoms with Crippen molar-refractivity contribution in [3.63, 3.8) is 0 Å². The molecule has 1 amide bonds. The minimum Gasteiger partial charge on any atom is -0.496 e. The van der Waals surface area contributed by atoms with Crippen LogP contribution in [0.3, 0.4) is 0 Å². The van der Waals surface area contributed by atoms with Gasteiger partial charge in [0.25, 0.3) is 5.91 Å². The predicted molar refractivity (Wildman–Crippen MR) is 104 cm³/mol. The van der Waals surface area contributed by atoms with E-state index >= 15 is 0 Å². The maximum atomic E-state index is 12.9. The van der Waals surface area contributed by atoms with Gasteiger partial charge in [0.1, 0.15) is 11.2 Å². The van der Waals surface area contributed by atoms with Gasteiger partial charge in [-0.25, -0.2) is 0 Å². The molecule has 1 saturated heterocycles. The molecule has 0 radical (unpaired) electrons. The molecule has 1 fully saturated rings. The van der Waals surface area contributed by atoms with Crippen LogP contribution in [-0.4, -0.2) is 53.3 Å². The Hall–Kier alpha value is -2.86. The molecular formula is C22H25NO5. The lowest BCUT2D eigenvalue weighted by atomic mass is 9.71. The monoisotopic (exact) mass is 383 g/mol. The van der Waals surface area contributed by atoms with Crippen molar-refractivity contribution in [3.05, 3.63) is 65.2 Å². The van der Waals surface area contributed by atoms with E-state index in [0.29, 0.717) is 11.3 Å². The standard InChI is InChI=1S/C22H25NO5/c1-15-8-9-17(12-18(15)28-2)20(25)23-11-10-22(21(26)27,19(24)14-23)13-16-6-4-3-5-7-16/h3-9,12,19,24H,10-11,13-14H2,1-2H3,(H,26,27)/t19-,22-/m1/s1. The molecule has 148 valence electrons. The summed E-state index contributed by atoms with van der Waals surface area (Å²) in [5.41, 5.74) is 0.932. The molecule has 0 saturated carbocycles. The molecule has 28 heavy (non-hydrogen) atoms. The smallest absolute Gasteiger partial charge is 0.312 e. The van der Waals surface area contributed by atoms with Crippen molar-refractivity contribution < 1.29 is 24.5 Å². The lowest BCUT2D eigenvalue weighted by molar-refractivity contribution is -0.161. The second kappa shape index (κ2) is 8.02. The van der Waals surface area contributed by atoms with Crippen LogP contribution in [0.5, 0.6) is 5.75 Å². The third kappa shape index (κ3) is 3.73. The van der Waals surface area contributed by atoms with E-state index in [4.69, 9.17) is 4.74 Å². The highest BCUT2D eigenvalue weighted by Gasteiger charge is 2.49. The fraction of sp³-hybridized carbons (Fsp3) is 0.364. The molecule has 0 bridgehead atoms. The molecule has 1 heterocycles. The van der Waals surface area contributed by atoms with Crippen molar-refractivity contribution in [3.8, 4) is 5.75 Å². The molecule has 1 aliphatic heterocycles. The summed E-state index contributed by atoms with van der Waals surface area (Å²) in [4.78, 5) is 26.5. The normalized spacial score (nSPS) is 22.0. The second-order valence-corrected chi connectivity index (χ2v) is 7.33.